The van der Waals surface area contributed by atoms with Crippen LogP contribution in [-0.2, 0) is 4.74 Å². The van der Waals surface area contributed by atoms with E-state index >= 15 is 0 Å². The molecule has 174 valence electrons. The minimum atomic E-state index is -0.0989. The predicted octanol–water partition coefficient (Wildman–Crippen LogP) is 5.63. The van der Waals surface area contributed by atoms with Crippen molar-refractivity contribution in [2.24, 2.45) is 46.3 Å². The first kappa shape index (κ1) is 21.2. The number of ether oxygens (including phenoxy) is 1. The third-order valence-electron chi connectivity index (χ3n) is 11.8. The normalized spacial score (nSPS) is 56.9. The molecule has 0 spiro atoms. The zero-order chi connectivity index (χ0) is 21.5. The van der Waals surface area contributed by atoms with E-state index in [-0.39, 0.29) is 6.10 Å². The van der Waals surface area contributed by atoms with E-state index in [2.05, 4.69) is 38.7 Å². The fraction of sp³-hybridized carbons (Fsp3) is 0.929. The lowest BCUT2D eigenvalue weighted by molar-refractivity contribution is -0.0644. The van der Waals surface area contributed by atoms with Gasteiger partial charge in [0.1, 0.15) is 0 Å². The summed E-state index contributed by atoms with van der Waals surface area (Å²) in [6.45, 7) is 12.3. The summed E-state index contributed by atoms with van der Waals surface area (Å²) in [5, 5.41) is 10.3. The molecule has 5 fully saturated rings. The van der Waals surface area contributed by atoms with Crippen LogP contribution in [0, 0.1) is 46.3 Å². The van der Waals surface area contributed by atoms with Crippen molar-refractivity contribution >= 4 is 0 Å². The number of hydrogen-bond donors (Lipinski definition) is 1. The summed E-state index contributed by atoms with van der Waals surface area (Å²) in [5.41, 5.74) is 2.39. The maximum Gasteiger partial charge on any atom is 0.0996 e. The highest BCUT2D eigenvalue weighted by Gasteiger charge is 2.63. The first-order chi connectivity index (χ1) is 14.8. The van der Waals surface area contributed by atoms with E-state index in [0.717, 1.165) is 61.1 Å². The van der Waals surface area contributed by atoms with E-state index in [1.54, 1.807) is 5.57 Å². The molecule has 2 heterocycles. The quantitative estimate of drug-likeness (QED) is 0.509. The maximum absolute atomic E-state index is 10.3. The average molecular weight is 428 g/mol. The van der Waals surface area contributed by atoms with Crippen LogP contribution in [0.3, 0.4) is 0 Å². The van der Waals surface area contributed by atoms with Crippen molar-refractivity contribution in [3.63, 3.8) is 0 Å². The van der Waals surface area contributed by atoms with Crippen LogP contribution in [0.5, 0.6) is 0 Å². The third-order valence-corrected chi connectivity index (χ3v) is 11.8. The molecule has 1 N–H and O–H groups in total. The summed E-state index contributed by atoms with van der Waals surface area (Å²) in [4.78, 5) is 2.70. The van der Waals surface area contributed by atoms with E-state index in [1.165, 1.54) is 51.5 Å². The lowest BCUT2D eigenvalue weighted by Gasteiger charge is -2.58. The van der Waals surface area contributed by atoms with Crippen molar-refractivity contribution < 1.29 is 9.84 Å². The molecule has 0 aromatic heterocycles. The molecule has 1 unspecified atom stereocenters. The molecule has 4 aliphatic carbocycles. The van der Waals surface area contributed by atoms with Gasteiger partial charge < -0.3 is 9.84 Å². The van der Waals surface area contributed by atoms with Gasteiger partial charge in [-0.3, -0.25) is 4.90 Å². The van der Waals surface area contributed by atoms with Gasteiger partial charge in [-0.2, -0.15) is 0 Å². The van der Waals surface area contributed by atoms with Crippen LogP contribution in [-0.4, -0.2) is 41.5 Å². The van der Waals surface area contributed by atoms with E-state index in [4.69, 9.17) is 4.74 Å². The fourth-order valence-electron chi connectivity index (χ4n) is 10.2. The molecular weight excluding hydrogens is 382 g/mol. The average Bonchev–Trinajstić information content (AvgIpc) is 2.96. The van der Waals surface area contributed by atoms with Crippen LogP contribution in [0.1, 0.15) is 85.5 Å². The molecule has 3 nitrogen and oxygen atoms in total. The van der Waals surface area contributed by atoms with Gasteiger partial charge in [-0.25, -0.2) is 0 Å². The number of nitrogens with zero attached hydrogens (tertiary/aromatic N) is 1. The Kier molecular flexibility index (Phi) is 4.99. The Bertz CT molecular complexity index is 749. The van der Waals surface area contributed by atoms with Gasteiger partial charge >= 0.3 is 0 Å². The van der Waals surface area contributed by atoms with Crippen molar-refractivity contribution in [3.8, 4) is 0 Å². The predicted molar refractivity (Wildman–Crippen MR) is 124 cm³/mol. The van der Waals surface area contributed by atoms with Gasteiger partial charge in [-0.1, -0.05) is 39.3 Å². The summed E-state index contributed by atoms with van der Waals surface area (Å²) in [6, 6.07) is 0.731. The SMILES string of the molecule is C[C@H]1CC[C@@H]2[C@@H](C)[C@H]3[C@H](C[C@H]4[C@@H]5CC=C6C[C@@H](O)CC[C@]6(C)C5CC[C@]34C)OCN2C1. The zero-order valence-corrected chi connectivity index (χ0v) is 20.4. The topological polar surface area (TPSA) is 32.7 Å². The Morgan fingerprint density at radius 3 is 2.74 bits per heavy atom. The molecule has 6 rings (SSSR count). The highest BCUT2D eigenvalue weighted by molar-refractivity contribution is 5.26. The minimum absolute atomic E-state index is 0.0989. The Morgan fingerprint density at radius 2 is 1.90 bits per heavy atom. The summed E-state index contributed by atoms with van der Waals surface area (Å²) in [5.74, 6) is 4.77. The number of piperidine rings is 1. The first-order valence-corrected chi connectivity index (χ1v) is 13.5. The molecule has 0 radical (unpaired) electrons. The molecule has 6 aliphatic rings. The standard InChI is InChI=1S/C28H45NO2/c1-17-5-8-24-18(2)26-25(31-16-29(24)15-17)14-23-21-7-6-19-13-20(30)9-11-27(19,3)22(21)10-12-28(23,26)4/h6,17-18,20-26,30H,5,7-16H2,1-4H3/t17-,18+,20-,21+,22?,23-,24+,25-,26-,27-,28-/m0/s1. The van der Waals surface area contributed by atoms with Crippen molar-refractivity contribution in [1.29, 1.82) is 0 Å². The number of aliphatic hydroxyl groups is 1. The molecular formula is C28H45NO2. The molecule has 2 saturated heterocycles. The number of rotatable bonds is 0. The first-order valence-electron chi connectivity index (χ1n) is 13.5. The lowest BCUT2D eigenvalue weighted by atomic mass is 9.47. The Morgan fingerprint density at radius 1 is 1.06 bits per heavy atom. The van der Waals surface area contributed by atoms with Gasteiger partial charge in [0.05, 0.1) is 18.9 Å². The molecule has 0 aromatic carbocycles. The van der Waals surface area contributed by atoms with Crippen LogP contribution in [0.25, 0.3) is 0 Å². The van der Waals surface area contributed by atoms with E-state index < -0.39 is 0 Å². The van der Waals surface area contributed by atoms with Crippen molar-refractivity contribution in [3.05, 3.63) is 11.6 Å². The van der Waals surface area contributed by atoms with Crippen LogP contribution >= 0.6 is 0 Å². The molecule has 2 aliphatic heterocycles. The third kappa shape index (κ3) is 3.01. The van der Waals surface area contributed by atoms with Gasteiger partial charge in [-0.05, 0) is 104 Å². The van der Waals surface area contributed by atoms with Gasteiger partial charge in [0.25, 0.3) is 0 Å². The fourth-order valence-corrected chi connectivity index (χ4v) is 10.2. The van der Waals surface area contributed by atoms with Gasteiger partial charge in [0, 0.05) is 12.6 Å². The maximum atomic E-state index is 10.3. The van der Waals surface area contributed by atoms with Gasteiger partial charge in [-0.15, -0.1) is 0 Å². The molecule has 31 heavy (non-hydrogen) atoms. The molecule has 0 aromatic rings. The molecule has 0 amide bonds. The smallest absolute Gasteiger partial charge is 0.0996 e. The van der Waals surface area contributed by atoms with Crippen molar-refractivity contribution in [1.82, 2.24) is 4.90 Å². The van der Waals surface area contributed by atoms with Crippen LogP contribution < -0.4 is 0 Å². The van der Waals surface area contributed by atoms with Crippen molar-refractivity contribution in [2.75, 3.05) is 13.3 Å². The second-order valence-corrected chi connectivity index (χ2v) is 13.2. The van der Waals surface area contributed by atoms with Crippen LogP contribution in [0.2, 0.25) is 0 Å². The zero-order valence-electron chi connectivity index (χ0n) is 20.4. The monoisotopic (exact) mass is 427 g/mol. The van der Waals surface area contributed by atoms with Crippen LogP contribution in [0.4, 0.5) is 0 Å². The second-order valence-electron chi connectivity index (χ2n) is 13.2. The minimum Gasteiger partial charge on any atom is -0.393 e. The van der Waals surface area contributed by atoms with E-state index in [1.807, 2.05) is 0 Å². The van der Waals surface area contributed by atoms with E-state index in [9.17, 15) is 5.11 Å². The van der Waals surface area contributed by atoms with Crippen LogP contribution in [0.15, 0.2) is 11.6 Å². The summed E-state index contributed by atoms with van der Waals surface area (Å²) >= 11 is 0. The number of hydrogen-bond acceptors (Lipinski definition) is 3. The van der Waals surface area contributed by atoms with E-state index in [0.29, 0.717) is 16.9 Å². The summed E-state index contributed by atoms with van der Waals surface area (Å²) < 4.78 is 6.78. The Labute approximate surface area is 190 Å². The van der Waals surface area contributed by atoms with Gasteiger partial charge in [0.15, 0.2) is 0 Å². The molecule has 3 heteroatoms. The number of fused-ring (bicyclic) bond motifs is 8. The Hall–Kier alpha value is -0.380. The molecule has 11 atom stereocenters. The summed E-state index contributed by atoms with van der Waals surface area (Å²) in [7, 11) is 0. The lowest BCUT2D eigenvalue weighted by Crippen LogP contribution is -2.53. The molecule has 0 bridgehead atoms. The molecule has 3 saturated carbocycles. The number of allylic oxidation sites excluding steroid dienone is 1. The van der Waals surface area contributed by atoms with Crippen molar-refractivity contribution in [2.45, 2.75) is 104 Å². The van der Waals surface area contributed by atoms with Gasteiger partial charge in [0.2, 0.25) is 0 Å². The largest absolute Gasteiger partial charge is 0.393 e. The second kappa shape index (κ2) is 7.31. The highest BCUT2D eigenvalue weighted by Crippen LogP contribution is 2.68. The number of aliphatic hydroxyl groups excluding tert-OH is 1. The summed E-state index contributed by atoms with van der Waals surface area (Å²) in [6.07, 6.45) is 14.2. The highest BCUT2D eigenvalue weighted by atomic mass is 16.5. The Balaban J connectivity index is 1.30.